The topological polar surface area (TPSA) is 83.6 Å². The predicted octanol–water partition coefficient (Wildman–Crippen LogP) is 4.99. The maximum Gasteiger partial charge on any atom is 0.340 e. The van der Waals surface area contributed by atoms with E-state index in [2.05, 4.69) is 27.4 Å². The summed E-state index contributed by atoms with van der Waals surface area (Å²) in [6.07, 6.45) is 0. The van der Waals surface area contributed by atoms with Gasteiger partial charge in [0, 0.05) is 11.1 Å². The Morgan fingerprint density at radius 3 is 2.66 bits per heavy atom. The number of anilines is 1. The number of ether oxygens (including phenoxy) is 1. The number of aromatic nitrogens is 1. The van der Waals surface area contributed by atoms with Gasteiger partial charge < -0.3 is 15.0 Å². The lowest BCUT2D eigenvalue weighted by Gasteiger charge is -2.18. The van der Waals surface area contributed by atoms with Crippen molar-refractivity contribution < 1.29 is 14.3 Å². The van der Waals surface area contributed by atoms with Gasteiger partial charge in [-0.25, -0.2) is 9.79 Å². The van der Waals surface area contributed by atoms with Gasteiger partial charge in [-0.2, -0.15) is 0 Å². The molecule has 1 aliphatic rings. The third-order valence-electron chi connectivity index (χ3n) is 4.88. The van der Waals surface area contributed by atoms with E-state index in [0.717, 1.165) is 22.1 Å². The van der Waals surface area contributed by atoms with Crippen molar-refractivity contribution in [3.63, 3.8) is 0 Å². The molecule has 0 saturated carbocycles. The van der Waals surface area contributed by atoms with Crippen molar-refractivity contribution in [1.29, 1.82) is 0 Å². The van der Waals surface area contributed by atoms with Gasteiger partial charge in [0.25, 0.3) is 0 Å². The average molecular weight is 407 g/mol. The number of carbonyl (C=O) groups excluding carboxylic acids is 2. The molecule has 0 fully saturated rings. The second-order valence-corrected chi connectivity index (χ2v) is 7.74. The van der Waals surface area contributed by atoms with Crippen LogP contribution in [0.2, 0.25) is 0 Å². The number of benzene rings is 2. The molecule has 2 N–H and O–H groups in total. The van der Waals surface area contributed by atoms with Gasteiger partial charge in [0.15, 0.2) is 11.0 Å². The van der Waals surface area contributed by atoms with E-state index in [9.17, 15) is 9.59 Å². The molecule has 0 aliphatic carbocycles. The molecule has 1 aromatic heterocycles. The van der Waals surface area contributed by atoms with Crippen LogP contribution in [0.4, 0.5) is 11.4 Å². The molecule has 1 aliphatic heterocycles. The van der Waals surface area contributed by atoms with Crippen LogP contribution in [0.15, 0.2) is 41.4 Å². The van der Waals surface area contributed by atoms with E-state index in [-0.39, 0.29) is 11.5 Å². The van der Waals surface area contributed by atoms with Gasteiger partial charge in [0.1, 0.15) is 0 Å². The molecule has 0 atom stereocenters. The molecule has 0 amide bonds. The molecule has 4 rings (SSSR count). The zero-order valence-electron chi connectivity index (χ0n) is 16.5. The van der Waals surface area contributed by atoms with E-state index < -0.39 is 5.97 Å². The van der Waals surface area contributed by atoms with Gasteiger partial charge >= 0.3 is 5.97 Å². The number of nitrogens with zero attached hydrogens (tertiary/aromatic N) is 1. The van der Waals surface area contributed by atoms with Crippen molar-refractivity contribution in [1.82, 2.24) is 4.98 Å². The Bertz CT molecular complexity index is 1160. The Morgan fingerprint density at radius 1 is 1.14 bits per heavy atom. The number of ketones is 1. The fourth-order valence-corrected chi connectivity index (χ4v) is 4.34. The van der Waals surface area contributed by atoms with Crippen LogP contribution in [0, 0.1) is 13.8 Å². The van der Waals surface area contributed by atoms with Gasteiger partial charge in [0.2, 0.25) is 0 Å². The molecule has 0 spiro atoms. The second-order valence-electron chi connectivity index (χ2n) is 6.78. The highest BCUT2D eigenvalue weighted by molar-refractivity contribution is 8.14. The average Bonchev–Trinajstić information content (AvgIpc) is 3.01. The fourth-order valence-electron chi connectivity index (χ4n) is 3.58. The lowest BCUT2D eigenvalue weighted by Crippen LogP contribution is -2.15. The van der Waals surface area contributed by atoms with Gasteiger partial charge in [-0.05, 0) is 43.9 Å². The summed E-state index contributed by atoms with van der Waals surface area (Å²) in [6, 6.07) is 12.1. The normalized spacial score (nSPS) is 12.4. The van der Waals surface area contributed by atoms with Gasteiger partial charge in [0.05, 0.1) is 35.0 Å². The van der Waals surface area contributed by atoms with Gasteiger partial charge in [-0.1, -0.05) is 36.0 Å². The van der Waals surface area contributed by atoms with E-state index in [4.69, 9.17) is 4.74 Å². The molecule has 3 aromatic rings. The number of hydrogen-bond donors (Lipinski definition) is 2. The smallest absolute Gasteiger partial charge is 0.340 e. The monoisotopic (exact) mass is 407 g/mol. The number of amidine groups is 1. The first-order chi connectivity index (χ1) is 14.0. The molecule has 2 heterocycles. The van der Waals surface area contributed by atoms with Crippen molar-refractivity contribution in [2.24, 2.45) is 4.99 Å². The summed E-state index contributed by atoms with van der Waals surface area (Å²) in [6.45, 7) is 5.59. The highest BCUT2D eigenvalue weighted by atomic mass is 32.2. The number of rotatable bonds is 5. The molecule has 0 saturated heterocycles. The number of aromatic amines is 1. The molecule has 29 heavy (non-hydrogen) atoms. The van der Waals surface area contributed by atoms with E-state index in [1.807, 2.05) is 24.3 Å². The molecule has 148 valence electrons. The van der Waals surface area contributed by atoms with Crippen LogP contribution in [0.1, 0.15) is 39.0 Å². The number of thioether (sulfide) groups is 1. The lowest BCUT2D eigenvalue weighted by atomic mass is 10.1. The molecule has 2 aromatic carbocycles. The maximum absolute atomic E-state index is 12.8. The predicted molar refractivity (Wildman–Crippen MR) is 118 cm³/mol. The molecular formula is C22H21N3O3S. The van der Waals surface area contributed by atoms with Crippen molar-refractivity contribution in [2.45, 2.75) is 20.8 Å². The Labute approximate surface area is 172 Å². The Morgan fingerprint density at radius 2 is 1.90 bits per heavy atom. The largest absolute Gasteiger partial charge is 0.462 e. The lowest BCUT2D eigenvalue weighted by molar-refractivity contribution is 0.0525. The van der Waals surface area contributed by atoms with Crippen LogP contribution in [-0.4, -0.2) is 34.3 Å². The SMILES string of the molecule is CCOC(=O)c1c(C)[nH]c(C(=O)CSC2=Nc3cccc4cccc(c34)N2)c1C. The van der Waals surface area contributed by atoms with Crippen LogP contribution in [0.5, 0.6) is 0 Å². The van der Waals surface area contributed by atoms with E-state index in [1.165, 1.54) is 11.8 Å². The zero-order chi connectivity index (χ0) is 20.5. The number of H-pyrrole nitrogens is 1. The van der Waals surface area contributed by atoms with Crippen LogP contribution in [0.25, 0.3) is 10.8 Å². The standard InChI is InChI=1S/C22H21N3O3S/c1-4-28-21(27)18-12(2)20(23-13(18)3)17(26)11-29-22-24-15-9-5-7-14-8-6-10-16(25-22)19(14)15/h5-10,23H,4,11H2,1-3H3,(H,24,25). The van der Waals surface area contributed by atoms with Gasteiger partial charge in [-0.3, -0.25) is 4.79 Å². The Kier molecular flexibility index (Phi) is 5.15. The van der Waals surface area contributed by atoms with Gasteiger partial charge in [-0.15, -0.1) is 0 Å². The van der Waals surface area contributed by atoms with E-state index in [0.29, 0.717) is 34.3 Å². The number of nitrogens with one attached hydrogen (secondary N) is 2. The summed E-state index contributed by atoms with van der Waals surface area (Å²) in [7, 11) is 0. The first-order valence-corrected chi connectivity index (χ1v) is 10.4. The first kappa shape index (κ1) is 19.3. The molecule has 7 heteroatoms. The summed E-state index contributed by atoms with van der Waals surface area (Å²) in [5, 5.41) is 6.20. The first-order valence-electron chi connectivity index (χ1n) is 9.39. The Hall–Kier alpha value is -3.06. The van der Waals surface area contributed by atoms with E-state index in [1.54, 1.807) is 20.8 Å². The summed E-state index contributed by atoms with van der Waals surface area (Å²) in [5.41, 5.74) is 4.02. The molecular weight excluding hydrogens is 386 g/mol. The van der Waals surface area contributed by atoms with E-state index >= 15 is 0 Å². The molecule has 0 bridgehead atoms. The second kappa shape index (κ2) is 7.75. The summed E-state index contributed by atoms with van der Waals surface area (Å²) in [4.78, 5) is 32.7. The maximum atomic E-state index is 12.8. The highest BCUT2D eigenvalue weighted by Gasteiger charge is 2.23. The number of hydrogen-bond acceptors (Lipinski definition) is 6. The molecule has 6 nitrogen and oxygen atoms in total. The number of Topliss-reactive ketones (excluding diaryl/α,β-unsaturated/α-hetero) is 1. The molecule has 0 radical (unpaired) electrons. The number of aryl methyl sites for hydroxylation is 1. The fraction of sp³-hybridized carbons (Fsp3) is 0.227. The minimum absolute atomic E-state index is 0.0901. The van der Waals surface area contributed by atoms with Crippen LogP contribution in [0.3, 0.4) is 0 Å². The number of carbonyl (C=O) groups is 2. The number of aliphatic imine (C=N–C) groups is 1. The number of esters is 1. The minimum atomic E-state index is -0.409. The van der Waals surface area contributed by atoms with Crippen molar-refractivity contribution >= 4 is 50.8 Å². The van der Waals surface area contributed by atoms with Crippen molar-refractivity contribution in [3.05, 3.63) is 58.9 Å². The Balaban J connectivity index is 1.52. The van der Waals surface area contributed by atoms with Crippen LogP contribution in [-0.2, 0) is 4.74 Å². The van der Waals surface area contributed by atoms with Crippen molar-refractivity contribution in [2.75, 3.05) is 17.7 Å². The minimum Gasteiger partial charge on any atom is -0.462 e. The summed E-state index contributed by atoms with van der Waals surface area (Å²) in [5.74, 6) is -0.297. The third-order valence-corrected chi connectivity index (χ3v) is 5.76. The summed E-state index contributed by atoms with van der Waals surface area (Å²) >= 11 is 1.34. The quantitative estimate of drug-likeness (QED) is 0.460. The van der Waals surface area contributed by atoms with Crippen LogP contribution >= 0.6 is 11.8 Å². The van der Waals surface area contributed by atoms with Crippen molar-refractivity contribution in [3.8, 4) is 0 Å². The summed E-state index contributed by atoms with van der Waals surface area (Å²) < 4.78 is 5.09. The highest BCUT2D eigenvalue weighted by Crippen LogP contribution is 2.37. The zero-order valence-corrected chi connectivity index (χ0v) is 17.3. The third kappa shape index (κ3) is 3.53. The molecule has 0 unspecified atom stereocenters. The van der Waals surface area contributed by atoms with Crippen LogP contribution < -0.4 is 5.32 Å².